The summed E-state index contributed by atoms with van der Waals surface area (Å²) in [5.74, 6) is 0. The van der Waals surface area contributed by atoms with Gasteiger partial charge in [0.05, 0.1) is 22.4 Å². The van der Waals surface area contributed by atoms with Gasteiger partial charge in [0.2, 0.25) is 0 Å². The molecular formula is C49H34N2O. The summed E-state index contributed by atoms with van der Waals surface area (Å²) in [7, 11) is 0. The third-order valence-electron chi connectivity index (χ3n) is 11.4. The maximum absolute atomic E-state index is 6.53. The number of benzene rings is 7. The molecule has 0 saturated carbocycles. The van der Waals surface area contributed by atoms with Crippen molar-refractivity contribution in [3.63, 3.8) is 0 Å². The van der Waals surface area contributed by atoms with E-state index < -0.39 is 0 Å². The molecule has 2 aliphatic rings. The summed E-state index contributed by atoms with van der Waals surface area (Å²) in [4.78, 5) is 2.45. The van der Waals surface area contributed by atoms with Gasteiger partial charge >= 0.3 is 0 Å². The maximum atomic E-state index is 6.53. The molecule has 0 fully saturated rings. The number of allylic oxidation sites excluding steroid dienone is 4. The molecule has 1 atom stereocenters. The molecule has 246 valence electrons. The zero-order valence-electron chi connectivity index (χ0n) is 28.8. The minimum absolute atomic E-state index is 0.0948. The van der Waals surface area contributed by atoms with Crippen molar-refractivity contribution in [2.45, 2.75) is 18.8 Å². The van der Waals surface area contributed by atoms with Gasteiger partial charge in [0.1, 0.15) is 11.2 Å². The van der Waals surface area contributed by atoms with Crippen molar-refractivity contribution in [2.75, 3.05) is 4.90 Å². The van der Waals surface area contributed by atoms with Crippen molar-refractivity contribution < 1.29 is 4.42 Å². The van der Waals surface area contributed by atoms with Gasteiger partial charge in [-0.2, -0.15) is 0 Å². The maximum Gasteiger partial charge on any atom is 0.143 e. The summed E-state index contributed by atoms with van der Waals surface area (Å²) in [5, 5.41) is 4.75. The Morgan fingerprint density at radius 3 is 2.19 bits per heavy atom. The fraction of sp³-hybridized carbons (Fsp3) is 0.0612. The monoisotopic (exact) mass is 666 g/mol. The van der Waals surface area contributed by atoms with Gasteiger partial charge in [-0.1, -0.05) is 115 Å². The molecule has 0 spiro atoms. The number of anilines is 2. The van der Waals surface area contributed by atoms with Crippen LogP contribution in [0.5, 0.6) is 0 Å². The molecule has 2 aromatic heterocycles. The van der Waals surface area contributed by atoms with E-state index in [1.165, 1.54) is 55.6 Å². The van der Waals surface area contributed by atoms with Crippen LogP contribution in [0.15, 0.2) is 186 Å². The molecule has 1 aliphatic carbocycles. The Labute approximate surface area is 302 Å². The first-order valence-electron chi connectivity index (χ1n) is 18.1. The Hall–Kier alpha value is -6.58. The molecular weight excluding hydrogens is 633 g/mol. The lowest BCUT2D eigenvalue weighted by Crippen LogP contribution is -2.26. The van der Waals surface area contributed by atoms with E-state index in [1.54, 1.807) is 0 Å². The molecule has 0 saturated heterocycles. The highest BCUT2D eigenvalue weighted by atomic mass is 16.3. The fourth-order valence-electron chi connectivity index (χ4n) is 8.93. The number of hydrogen-bond acceptors (Lipinski definition) is 2. The largest absolute Gasteiger partial charge is 0.455 e. The number of para-hydroxylation sites is 5. The van der Waals surface area contributed by atoms with Crippen LogP contribution in [0.25, 0.3) is 71.7 Å². The van der Waals surface area contributed by atoms with Gasteiger partial charge in [0.25, 0.3) is 0 Å². The van der Waals surface area contributed by atoms with Crippen molar-refractivity contribution in [2.24, 2.45) is 0 Å². The molecule has 0 bridgehead atoms. The van der Waals surface area contributed by atoms with Crippen LogP contribution in [0, 0.1) is 0 Å². The van der Waals surface area contributed by atoms with Crippen LogP contribution in [0.3, 0.4) is 0 Å². The van der Waals surface area contributed by atoms with Gasteiger partial charge in [-0.25, -0.2) is 0 Å². The molecule has 0 N–H and O–H groups in total. The Balaban J connectivity index is 1.09. The van der Waals surface area contributed by atoms with Gasteiger partial charge in [0.15, 0.2) is 0 Å². The standard InChI is InChI=1S/C49H34N2O/c1-49-29-12-11-24-47(49)50(34-14-3-2-4-15-34)45-28-26-33(31-41(45)49)32-25-27-44-40(30-32)36-17-6-9-22-43(36)51(44)42-21-8-5-16-35(42)38-19-13-20-39-37-18-7-10-23-46(37)52-48(38)39/h2-28,30-31H,29H2,1H3. The molecule has 1 aliphatic heterocycles. The van der Waals surface area contributed by atoms with E-state index in [4.69, 9.17) is 4.42 Å². The predicted octanol–water partition coefficient (Wildman–Crippen LogP) is 13.3. The van der Waals surface area contributed by atoms with E-state index in [9.17, 15) is 0 Å². The summed E-state index contributed by atoms with van der Waals surface area (Å²) in [6.07, 6.45) is 7.79. The summed E-state index contributed by atoms with van der Waals surface area (Å²) in [5.41, 5.74) is 15.1. The Bertz CT molecular complexity index is 2960. The molecule has 1 unspecified atom stereocenters. The Morgan fingerprint density at radius 2 is 1.27 bits per heavy atom. The highest BCUT2D eigenvalue weighted by molar-refractivity contribution is 6.13. The lowest BCUT2D eigenvalue weighted by Gasteiger charge is -2.31. The van der Waals surface area contributed by atoms with Crippen LogP contribution in [0.2, 0.25) is 0 Å². The van der Waals surface area contributed by atoms with Crippen molar-refractivity contribution in [1.82, 2.24) is 4.57 Å². The van der Waals surface area contributed by atoms with Crippen molar-refractivity contribution in [3.05, 3.63) is 187 Å². The molecule has 3 heteroatoms. The van der Waals surface area contributed by atoms with E-state index in [1.807, 2.05) is 6.07 Å². The summed E-state index contributed by atoms with van der Waals surface area (Å²) >= 11 is 0. The second kappa shape index (κ2) is 11.0. The van der Waals surface area contributed by atoms with Gasteiger partial charge in [-0.05, 0) is 90.7 Å². The van der Waals surface area contributed by atoms with Gasteiger partial charge in [-0.15, -0.1) is 0 Å². The summed E-state index contributed by atoms with van der Waals surface area (Å²) < 4.78 is 8.96. The highest BCUT2D eigenvalue weighted by Gasteiger charge is 2.44. The second-order valence-electron chi connectivity index (χ2n) is 14.3. The molecule has 0 radical (unpaired) electrons. The first kappa shape index (κ1) is 29.2. The molecule has 0 amide bonds. The SMILES string of the molecule is CC12CC=CC=C1N(c1ccccc1)c1ccc(-c3ccc4c(c3)c3ccccc3n4-c3ccccc3-c3cccc4c3oc3ccccc34)cc12. The molecule has 7 aromatic carbocycles. The fourth-order valence-corrected chi connectivity index (χ4v) is 8.93. The number of aromatic nitrogens is 1. The van der Waals surface area contributed by atoms with Crippen molar-refractivity contribution in [3.8, 4) is 27.9 Å². The van der Waals surface area contributed by atoms with Gasteiger partial charge in [0, 0.05) is 49.5 Å². The van der Waals surface area contributed by atoms with E-state index in [2.05, 4.69) is 186 Å². The minimum atomic E-state index is -0.0948. The molecule has 9 aromatic rings. The Morgan fingerprint density at radius 1 is 0.558 bits per heavy atom. The topological polar surface area (TPSA) is 21.3 Å². The van der Waals surface area contributed by atoms with Gasteiger partial charge in [-0.3, -0.25) is 0 Å². The third-order valence-corrected chi connectivity index (χ3v) is 11.4. The van der Waals surface area contributed by atoms with E-state index in [0.29, 0.717) is 0 Å². The smallest absolute Gasteiger partial charge is 0.143 e. The lowest BCUT2D eigenvalue weighted by molar-refractivity contribution is 0.577. The number of nitrogens with zero attached hydrogens (tertiary/aromatic N) is 2. The first-order valence-corrected chi connectivity index (χ1v) is 18.1. The molecule has 52 heavy (non-hydrogen) atoms. The lowest BCUT2D eigenvalue weighted by atomic mass is 9.76. The van der Waals surface area contributed by atoms with E-state index in [-0.39, 0.29) is 5.41 Å². The van der Waals surface area contributed by atoms with Crippen LogP contribution < -0.4 is 4.90 Å². The normalized spacial score (nSPS) is 16.6. The van der Waals surface area contributed by atoms with Crippen molar-refractivity contribution in [1.29, 1.82) is 0 Å². The number of rotatable bonds is 4. The highest BCUT2D eigenvalue weighted by Crippen LogP contribution is 2.55. The van der Waals surface area contributed by atoms with Crippen LogP contribution in [-0.2, 0) is 5.41 Å². The third kappa shape index (κ3) is 4.08. The van der Waals surface area contributed by atoms with E-state index >= 15 is 0 Å². The first-order chi connectivity index (χ1) is 25.7. The zero-order chi connectivity index (χ0) is 34.4. The minimum Gasteiger partial charge on any atom is -0.455 e. The average Bonchev–Trinajstić information content (AvgIpc) is 3.83. The van der Waals surface area contributed by atoms with E-state index in [0.717, 1.165) is 45.2 Å². The average molecular weight is 667 g/mol. The van der Waals surface area contributed by atoms with Crippen molar-refractivity contribution >= 4 is 55.1 Å². The van der Waals surface area contributed by atoms with Gasteiger partial charge < -0.3 is 13.9 Å². The number of furan rings is 1. The molecule has 3 nitrogen and oxygen atoms in total. The van der Waals surface area contributed by atoms with Crippen LogP contribution in [0.4, 0.5) is 11.4 Å². The summed E-state index contributed by atoms with van der Waals surface area (Å²) in [6.45, 7) is 2.40. The predicted molar refractivity (Wildman–Crippen MR) is 217 cm³/mol. The van der Waals surface area contributed by atoms with Crippen LogP contribution in [-0.4, -0.2) is 4.57 Å². The second-order valence-corrected chi connectivity index (χ2v) is 14.3. The zero-order valence-corrected chi connectivity index (χ0v) is 28.8. The van der Waals surface area contributed by atoms with Crippen LogP contribution >= 0.6 is 0 Å². The number of hydrogen-bond donors (Lipinski definition) is 0. The molecule has 3 heterocycles. The van der Waals surface area contributed by atoms with Crippen LogP contribution in [0.1, 0.15) is 18.9 Å². The number of fused-ring (bicyclic) bond motifs is 9. The quantitative estimate of drug-likeness (QED) is 0.186. The molecule has 11 rings (SSSR count). The Kier molecular flexibility index (Phi) is 6.15. The summed E-state index contributed by atoms with van der Waals surface area (Å²) in [6, 6.07) is 57.1.